The minimum Gasteiger partial charge on any atom is -0.507 e. The third kappa shape index (κ3) is 2.61. The summed E-state index contributed by atoms with van der Waals surface area (Å²) in [5, 5.41) is 9.94. The Morgan fingerprint density at radius 3 is 2.14 bits per heavy atom. The molecule has 0 aromatic heterocycles. The van der Waals surface area contributed by atoms with Crippen molar-refractivity contribution in [1.29, 1.82) is 0 Å². The summed E-state index contributed by atoms with van der Waals surface area (Å²) >= 11 is 0. The van der Waals surface area contributed by atoms with Gasteiger partial charge in [-0.1, -0.05) is 0 Å². The predicted molar refractivity (Wildman–Crippen MR) is 78.4 cm³/mol. The normalized spacial score (nSPS) is 12.6. The van der Waals surface area contributed by atoms with E-state index in [4.69, 9.17) is 5.73 Å². The predicted octanol–water partition coefficient (Wildman–Crippen LogP) is 0.798. The van der Waals surface area contributed by atoms with Crippen LogP contribution in [-0.4, -0.2) is 36.2 Å². The molecule has 0 saturated heterocycles. The molecule has 0 heterocycles. The minimum atomic E-state index is -4.13. The number of hydrogen-bond donors (Lipinski definition) is 2. The number of nitrogen functional groups attached to an aromatic ring is 1. The number of fused-ring (bicyclic) bond motifs is 1. The standard InChI is InChI=1S/C12H13NO7S2/c1-19-21(15,16)7-5-8-11(22(17,18)20-2)4-3-9(13)12(8)10(14)6-7/h3-6,14H,13H2,1-2H3. The number of benzene rings is 2. The Balaban J connectivity index is 3.01. The number of aromatic hydroxyl groups is 1. The number of hydrogen-bond acceptors (Lipinski definition) is 8. The summed E-state index contributed by atoms with van der Waals surface area (Å²) in [4.78, 5) is -0.721. The fourth-order valence-corrected chi connectivity index (χ4v) is 3.54. The Morgan fingerprint density at radius 1 is 1.00 bits per heavy atom. The van der Waals surface area contributed by atoms with Gasteiger partial charge in [0.15, 0.2) is 0 Å². The Morgan fingerprint density at radius 2 is 1.59 bits per heavy atom. The summed E-state index contributed by atoms with van der Waals surface area (Å²) < 4.78 is 56.2. The van der Waals surface area contributed by atoms with Crippen molar-refractivity contribution in [2.75, 3.05) is 20.0 Å². The smallest absolute Gasteiger partial charge is 0.297 e. The summed E-state index contributed by atoms with van der Waals surface area (Å²) in [7, 11) is -6.35. The van der Waals surface area contributed by atoms with E-state index in [1.807, 2.05) is 0 Å². The molecule has 0 atom stereocenters. The van der Waals surface area contributed by atoms with E-state index in [-0.39, 0.29) is 21.4 Å². The molecular weight excluding hydrogens is 334 g/mol. The van der Waals surface area contributed by atoms with Crippen LogP contribution in [-0.2, 0) is 28.6 Å². The Labute approximate surface area is 127 Å². The average Bonchev–Trinajstić information content (AvgIpc) is 2.46. The Hall–Kier alpha value is -1.88. The van der Waals surface area contributed by atoms with Gasteiger partial charge in [0.05, 0.1) is 19.1 Å². The fraction of sp³-hybridized carbons (Fsp3) is 0.167. The minimum absolute atomic E-state index is 0.00757. The third-order valence-electron chi connectivity index (χ3n) is 3.06. The number of rotatable bonds is 4. The molecular formula is C12H13NO7S2. The summed E-state index contributed by atoms with van der Waals surface area (Å²) in [6.45, 7) is 0. The summed E-state index contributed by atoms with van der Waals surface area (Å²) in [6.07, 6.45) is 0. The molecule has 0 spiro atoms. The highest BCUT2D eigenvalue weighted by molar-refractivity contribution is 7.87. The molecule has 0 bridgehead atoms. The van der Waals surface area contributed by atoms with Gasteiger partial charge in [-0.15, -0.1) is 0 Å². The first-order chi connectivity index (χ1) is 10.1. The second-order valence-corrected chi connectivity index (χ2v) is 7.65. The van der Waals surface area contributed by atoms with Crippen molar-refractivity contribution >= 4 is 36.7 Å². The summed E-state index contributed by atoms with van der Waals surface area (Å²) in [5.41, 5.74) is 5.81. The van der Waals surface area contributed by atoms with E-state index < -0.39 is 30.9 Å². The lowest BCUT2D eigenvalue weighted by atomic mass is 10.1. The topological polar surface area (TPSA) is 133 Å². The van der Waals surface area contributed by atoms with Crippen molar-refractivity contribution in [3.63, 3.8) is 0 Å². The molecule has 0 aliphatic rings. The molecule has 120 valence electrons. The number of nitrogens with two attached hydrogens (primary N) is 1. The van der Waals surface area contributed by atoms with Gasteiger partial charge in [0.25, 0.3) is 20.2 Å². The van der Waals surface area contributed by atoms with E-state index in [0.717, 1.165) is 26.4 Å². The third-order valence-corrected chi connectivity index (χ3v) is 5.64. The Bertz CT molecular complexity index is 949. The first-order valence-electron chi connectivity index (χ1n) is 5.80. The van der Waals surface area contributed by atoms with Crippen LogP contribution in [0, 0.1) is 0 Å². The molecule has 0 aliphatic heterocycles. The van der Waals surface area contributed by atoms with Crippen molar-refractivity contribution in [2.45, 2.75) is 9.79 Å². The van der Waals surface area contributed by atoms with Gasteiger partial charge in [-0.3, -0.25) is 8.37 Å². The second kappa shape index (κ2) is 5.39. The van der Waals surface area contributed by atoms with E-state index in [1.165, 1.54) is 12.1 Å². The van der Waals surface area contributed by atoms with Gasteiger partial charge in [-0.05, 0) is 18.2 Å². The van der Waals surface area contributed by atoms with Gasteiger partial charge in [0.2, 0.25) is 0 Å². The molecule has 8 nitrogen and oxygen atoms in total. The van der Waals surface area contributed by atoms with E-state index in [2.05, 4.69) is 8.37 Å². The van der Waals surface area contributed by atoms with Crippen LogP contribution < -0.4 is 5.73 Å². The lowest BCUT2D eigenvalue weighted by molar-refractivity contribution is 0.395. The SMILES string of the molecule is COS(=O)(=O)c1cc(O)c2c(N)ccc(S(=O)(=O)OC)c2c1. The molecule has 3 N–H and O–H groups in total. The maximum Gasteiger partial charge on any atom is 0.297 e. The molecule has 0 radical (unpaired) electrons. The number of anilines is 1. The maximum absolute atomic E-state index is 11.9. The van der Waals surface area contributed by atoms with E-state index in [0.29, 0.717) is 0 Å². The summed E-state index contributed by atoms with van der Waals surface area (Å²) in [5.74, 6) is -0.487. The zero-order chi connectivity index (χ0) is 16.7. The van der Waals surface area contributed by atoms with Crippen molar-refractivity contribution in [3.05, 3.63) is 24.3 Å². The first kappa shape index (κ1) is 16.5. The van der Waals surface area contributed by atoms with Crippen LogP contribution in [0.15, 0.2) is 34.1 Å². The lowest BCUT2D eigenvalue weighted by Crippen LogP contribution is -2.07. The van der Waals surface area contributed by atoms with Crippen LogP contribution in [0.5, 0.6) is 5.75 Å². The maximum atomic E-state index is 11.9. The number of phenolic OH excluding ortho intramolecular Hbond substituents is 1. The molecule has 22 heavy (non-hydrogen) atoms. The molecule has 0 saturated carbocycles. The number of phenols is 1. The van der Waals surface area contributed by atoms with Crippen molar-refractivity contribution in [2.24, 2.45) is 0 Å². The van der Waals surface area contributed by atoms with Gasteiger partial charge in [-0.25, -0.2) is 0 Å². The molecule has 0 fully saturated rings. The van der Waals surface area contributed by atoms with Gasteiger partial charge in [0, 0.05) is 22.5 Å². The van der Waals surface area contributed by atoms with Crippen molar-refractivity contribution in [1.82, 2.24) is 0 Å². The van der Waals surface area contributed by atoms with Crippen molar-refractivity contribution in [3.8, 4) is 5.75 Å². The average molecular weight is 347 g/mol. The van der Waals surface area contributed by atoms with Gasteiger partial charge < -0.3 is 10.8 Å². The highest BCUT2D eigenvalue weighted by Gasteiger charge is 2.23. The largest absolute Gasteiger partial charge is 0.507 e. The van der Waals surface area contributed by atoms with Crippen molar-refractivity contribution < 1.29 is 30.3 Å². The molecule has 2 aromatic rings. The van der Waals surface area contributed by atoms with Crippen LogP contribution in [0.2, 0.25) is 0 Å². The highest BCUT2D eigenvalue weighted by atomic mass is 32.2. The molecule has 0 amide bonds. The molecule has 2 rings (SSSR count). The molecule has 0 aliphatic carbocycles. The second-order valence-electron chi connectivity index (χ2n) is 4.26. The van der Waals surface area contributed by atoms with Crippen LogP contribution >= 0.6 is 0 Å². The summed E-state index contributed by atoms with van der Waals surface area (Å²) in [6, 6.07) is 4.43. The lowest BCUT2D eigenvalue weighted by Gasteiger charge is -2.12. The van der Waals surface area contributed by atoms with Gasteiger partial charge in [0.1, 0.15) is 10.6 Å². The van der Waals surface area contributed by atoms with Gasteiger partial charge >= 0.3 is 0 Å². The zero-order valence-electron chi connectivity index (χ0n) is 11.6. The monoisotopic (exact) mass is 347 g/mol. The van der Waals surface area contributed by atoms with E-state index in [9.17, 15) is 21.9 Å². The first-order valence-corrected chi connectivity index (χ1v) is 8.62. The fourth-order valence-electron chi connectivity index (χ4n) is 1.99. The molecule has 0 unspecified atom stereocenters. The molecule has 10 heteroatoms. The quantitative estimate of drug-likeness (QED) is 0.613. The zero-order valence-corrected chi connectivity index (χ0v) is 13.2. The molecule has 2 aromatic carbocycles. The van der Waals surface area contributed by atoms with Crippen LogP contribution in [0.1, 0.15) is 0 Å². The van der Waals surface area contributed by atoms with Crippen LogP contribution in [0.4, 0.5) is 5.69 Å². The Kier molecular flexibility index (Phi) is 4.04. The van der Waals surface area contributed by atoms with Crippen LogP contribution in [0.25, 0.3) is 10.8 Å². The van der Waals surface area contributed by atoms with E-state index in [1.54, 1.807) is 0 Å². The van der Waals surface area contributed by atoms with Crippen LogP contribution in [0.3, 0.4) is 0 Å². The van der Waals surface area contributed by atoms with Gasteiger partial charge in [-0.2, -0.15) is 16.8 Å². The van der Waals surface area contributed by atoms with E-state index >= 15 is 0 Å². The highest BCUT2D eigenvalue weighted by Crippen LogP contribution is 2.37.